The third-order valence-corrected chi connectivity index (χ3v) is 12.3. The Bertz CT molecular complexity index is 3290. The highest BCUT2D eigenvalue weighted by molar-refractivity contribution is 7.26. The normalized spacial score (nSPS) is 11.5. The highest BCUT2D eigenvalue weighted by Gasteiger charge is 2.18. The molecule has 11 rings (SSSR count). The van der Waals surface area contributed by atoms with Gasteiger partial charge in [-0.25, -0.2) is 9.97 Å². The largest absolute Gasteiger partial charge is 0.228 e. The summed E-state index contributed by atoms with van der Waals surface area (Å²) in [6.07, 6.45) is 0. The second-order valence-corrected chi connectivity index (χ2v) is 15.6. The summed E-state index contributed by atoms with van der Waals surface area (Å²) in [7, 11) is 0. The van der Waals surface area contributed by atoms with Gasteiger partial charge in [0, 0.05) is 36.9 Å². The average molecular weight is 743 g/mol. The summed E-state index contributed by atoms with van der Waals surface area (Å²) in [6, 6.07) is 74.0. The van der Waals surface area contributed by atoms with Gasteiger partial charge < -0.3 is 0 Å². The highest BCUT2D eigenvalue weighted by atomic mass is 32.1. The van der Waals surface area contributed by atoms with Crippen molar-refractivity contribution in [1.82, 2.24) is 9.97 Å². The first-order chi connectivity index (χ1) is 28.2. The Morgan fingerprint density at radius 2 is 0.860 bits per heavy atom. The number of hydrogen-bond donors (Lipinski definition) is 0. The van der Waals surface area contributed by atoms with Crippen LogP contribution in [0.5, 0.6) is 0 Å². The van der Waals surface area contributed by atoms with E-state index in [-0.39, 0.29) is 0 Å². The molecule has 57 heavy (non-hydrogen) atoms. The summed E-state index contributed by atoms with van der Waals surface area (Å²) in [5.41, 5.74) is 11.9. The van der Waals surface area contributed by atoms with E-state index in [1.807, 2.05) is 17.4 Å². The maximum atomic E-state index is 5.37. The molecule has 0 N–H and O–H groups in total. The number of thiophene rings is 1. The number of hydrogen-bond acceptors (Lipinski definition) is 3. The zero-order chi connectivity index (χ0) is 37.7. The van der Waals surface area contributed by atoms with Crippen LogP contribution in [0.3, 0.4) is 0 Å². The number of benzene rings is 9. The maximum Gasteiger partial charge on any atom is 0.160 e. The molecular weight excluding hydrogens is 709 g/mol. The van der Waals surface area contributed by atoms with E-state index < -0.39 is 0 Å². The Morgan fingerprint density at radius 1 is 0.298 bits per heavy atom. The van der Waals surface area contributed by atoms with Crippen molar-refractivity contribution in [2.75, 3.05) is 0 Å². The molecule has 2 aromatic heterocycles. The summed E-state index contributed by atoms with van der Waals surface area (Å²) in [4.78, 5) is 10.7. The van der Waals surface area contributed by atoms with Crippen LogP contribution in [0.2, 0.25) is 0 Å². The fourth-order valence-corrected chi connectivity index (χ4v) is 9.53. The van der Waals surface area contributed by atoms with Crippen molar-refractivity contribution in [3.8, 4) is 67.3 Å². The molecule has 0 spiro atoms. The van der Waals surface area contributed by atoms with Gasteiger partial charge in [0.1, 0.15) is 0 Å². The van der Waals surface area contributed by atoms with Crippen LogP contribution in [0.1, 0.15) is 0 Å². The van der Waals surface area contributed by atoms with Crippen LogP contribution in [-0.2, 0) is 0 Å². The van der Waals surface area contributed by atoms with Crippen molar-refractivity contribution in [2.45, 2.75) is 0 Å². The molecule has 0 aliphatic heterocycles. The molecule has 0 aliphatic rings. The molecule has 11 aromatic rings. The molecule has 9 aromatic carbocycles. The molecule has 0 bridgehead atoms. The third kappa shape index (κ3) is 5.97. The zero-order valence-corrected chi connectivity index (χ0v) is 31.7. The summed E-state index contributed by atoms with van der Waals surface area (Å²) >= 11 is 1.86. The lowest BCUT2D eigenvalue weighted by Gasteiger charge is -2.15. The van der Waals surface area contributed by atoms with Crippen molar-refractivity contribution in [3.63, 3.8) is 0 Å². The van der Waals surface area contributed by atoms with Gasteiger partial charge in [0.05, 0.1) is 11.4 Å². The first-order valence-electron chi connectivity index (χ1n) is 19.3. The average Bonchev–Trinajstić information content (AvgIpc) is 3.68. The van der Waals surface area contributed by atoms with E-state index in [9.17, 15) is 0 Å². The molecule has 0 amide bonds. The van der Waals surface area contributed by atoms with Gasteiger partial charge in [0.25, 0.3) is 0 Å². The monoisotopic (exact) mass is 742 g/mol. The van der Waals surface area contributed by atoms with Gasteiger partial charge in [-0.2, -0.15) is 0 Å². The highest BCUT2D eigenvalue weighted by Crippen LogP contribution is 2.43. The summed E-state index contributed by atoms with van der Waals surface area (Å²) in [5.74, 6) is 0.699. The predicted molar refractivity (Wildman–Crippen MR) is 243 cm³/mol. The van der Waals surface area contributed by atoms with Gasteiger partial charge >= 0.3 is 0 Å². The van der Waals surface area contributed by atoms with Crippen LogP contribution >= 0.6 is 11.3 Å². The lowest BCUT2D eigenvalue weighted by atomic mass is 9.92. The Morgan fingerprint density at radius 3 is 1.68 bits per heavy atom. The van der Waals surface area contributed by atoms with E-state index in [2.05, 4.69) is 200 Å². The van der Waals surface area contributed by atoms with Crippen LogP contribution < -0.4 is 0 Å². The van der Waals surface area contributed by atoms with Crippen LogP contribution in [0.15, 0.2) is 206 Å². The molecule has 3 heteroatoms. The smallest absolute Gasteiger partial charge is 0.160 e. The molecule has 0 radical (unpaired) electrons. The van der Waals surface area contributed by atoms with Crippen molar-refractivity contribution < 1.29 is 0 Å². The first-order valence-corrected chi connectivity index (χ1v) is 20.1. The quantitative estimate of drug-likeness (QED) is 0.159. The molecule has 2 nitrogen and oxygen atoms in total. The van der Waals surface area contributed by atoms with E-state index >= 15 is 0 Å². The van der Waals surface area contributed by atoms with Gasteiger partial charge in [-0.3, -0.25) is 0 Å². The van der Waals surface area contributed by atoms with E-state index in [0.717, 1.165) is 44.8 Å². The van der Waals surface area contributed by atoms with Gasteiger partial charge in [-0.05, 0) is 97.4 Å². The Kier molecular flexibility index (Phi) is 8.04. The van der Waals surface area contributed by atoms with E-state index in [1.54, 1.807) is 0 Å². The third-order valence-electron chi connectivity index (χ3n) is 11.0. The number of rotatable bonds is 6. The molecule has 0 atom stereocenters. The standard InChI is InChI=1S/C54H34N2S/c1-3-15-35(16-4-1)37-20-13-21-38(29-37)40-30-41(44-26-14-27-48-47-25-11-12-28-52(47)57-53(44)48)32-42(31-40)50-34-51(56-54(55-50)36-17-5-2-6-18-36)49-33-39-19-7-8-22-43(39)45-23-9-10-24-46(45)49/h1-34H. The van der Waals surface area contributed by atoms with E-state index in [0.29, 0.717) is 5.82 Å². The molecule has 0 saturated heterocycles. The molecule has 0 fully saturated rings. The van der Waals surface area contributed by atoms with Crippen LogP contribution in [0.25, 0.3) is 109 Å². The zero-order valence-electron chi connectivity index (χ0n) is 30.9. The minimum Gasteiger partial charge on any atom is -0.228 e. The van der Waals surface area contributed by atoms with E-state index in [4.69, 9.17) is 9.97 Å². The molecule has 2 heterocycles. The minimum absolute atomic E-state index is 0.699. The summed E-state index contributed by atoms with van der Waals surface area (Å²) < 4.78 is 2.58. The van der Waals surface area contributed by atoms with Gasteiger partial charge in [0.2, 0.25) is 0 Å². The SMILES string of the molecule is c1ccc(-c2cccc(-c3cc(-c4cc(-c5cc6ccccc6c6ccccc56)nc(-c5ccccc5)n4)cc(-c4cccc5c4sc4ccccc45)c3)c2)cc1. The first kappa shape index (κ1) is 33.2. The molecular formula is C54H34N2S. The number of nitrogens with zero attached hydrogens (tertiary/aromatic N) is 2. The van der Waals surface area contributed by atoms with Gasteiger partial charge in [-0.15, -0.1) is 11.3 Å². The maximum absolute atomic E-state index is 5.37. The van der Waals surface area contributed by atoms with Crippen LogP contribution in [0.4, 0.5) is 0 Å². The minimum atomic E-state index is 0.699. The summed E-state index contributed by atoms with van der Waals surface area (Å²) in [5, 5.41) is 7.38. The van der Waals surface area contributed by atoms with Crippen molar-refractivity contribution in [1.29, 1.82) is 0 Å². The fraction of sp³-hybridized carbons (Fsp3) is 0. The topological polar surface area (TPSA) is 25.8 Å². The Hall–Kier alpha value is -7.20. The van der Waals surface area contributed by atoms with Crippen molar-refractivity contribution in [3.05, 3.63) is 206 Å². The second-order valence-electron chi connectivity index (χ2n) is 14.5. The number of fused-ring (bicyclic) bond motifs is 6. The van der Waals surface area contributed by atoms with Crippen molar-refractivity contribution in [2.24, 2.45) is 0 Å². The molecule has 266 valence electrons. The van der Waals surface area contributed by atoms with Gasteiger partial charge in [-0.1, -0.05) is 164 Å². The molecule has 0 unspecified atom stereocenters. The Balaban J connectivity index is 1.18. The van der Waals surface area contributed by atoms with Crippen molar-refractivity contribution >= 4 is 53.1 Å². The summed E-state index contributed by atoms with van der Waals surface area (Å²) in [6.45, 7) is 0. The lowest BCUT2D eigenvalue weighted by Crippen LogP contribution is -1.97. The molecule has 0 aliphatic carbocycles. The second kappa shape index (κ2) is 13.8. The van der Waals surface area contributed by atoms with Crippen LogP contribution in [0, 0.1) is 0 Å². The Labute approximate surface area is 335 Å². The van der Waals surface area contributed by atoms with E-state index in [1.165, 1.54) is 58.4 Å². The lowest BCUT2D eigenvalue weighted by molar-refractivity contribution is 1.19. The predicted octanol–water partition coefficient (Wildman–Crippen LogP) is 15.2. The number of aromatic nitrogens is 2. The fourth-order valence-electron chi connectivity index (χ4n) is 8.30. The molecule has 0 saturated carbocycles. The van der Waals surface area contributed by atoms with Gasteiger partial charge in [0.15, 0.2) is 5.82 Å². The van der Waals surface area contributed by atoms with Crippen LogP contribution in [-0.4, -0.2) is 9.97 Å².